The molecule has 1 fully saturated rings. The third-order valence-electron chi connectivity index (χ3n) is 6.05. The summed E-state index contributed by atoms with van der Waals surface area (Å²) in [4.78, 5) is 49.5. The SMILES string of the molecule is C=CC(=O)N(C)CCCCOC1CC(C(=O)O)C(C(=O)O)CC1OCCCCN(C)C(=O)C=C. The van der Waals surface area contributed by atoms with Crippen LogP contribution in [0.5, 0.6) is 0 Å². The van der Waals surface area contributed by atoms with Gasteiger partial charge in [-0.25, -0.2) is 0 Å². The van der Waals surface area contributed by atoms with Crippen molar-refractivity contribution in [3.05, 3.63) is 25.3 Å². The molecule has 0 aromatic carbocycles. The molecule has 0 heterocycles. The Kier molecular flexibility index (Phi) is 13.1. The first-order valence-electron chi connectivity index (χ1n) is 11.6. The topological polar surface area (TPSA) is 134 Å². The molecule has 0 radical (unpaired) electrons. The van der Waals surface area contributed by atoms with Gasteiger partial charge >= 0.3 is 11.9 Å². The van der Waals surface area contributed by atoms with Crippen LogP contribution in [0.25, 0.3) is 0 Å². The van der Waals surface area contributed by atoms with Crippen molar-refractivity contribution in [1.82, 2.24) is 9.80 Å². The van der Waals surface area contributed by atoms with Crippen LogP contribution >= 0.6 is 0 Å². The minimum absolute atomic E-state index is 0.0579. The summed E-state index contributed by atoms with van der Waals surface area (Å²) in [5.41, 5.74) is 0. The predicted molar refractivity (Wildman–Crippen MR) is 125 cm³/mol. The van der Waals surface area contributed by atoms with Crippen LogP contribution < -0.4 is 0 Å². The number of hydrogen-bond acceptors (Lipinski definition) is 6. The number of carboxylic acids is 2. The van der Waals surface area contributed by atoms with Crippen molar-refractivity contribution in [2.45, 2.75) is 50.7 Å². The Labute approximate surface area is 201 Å². The largest absolute Gasteiger partial charge is 0.481 e. The molecule has 10 heteroatoms. The molecule has 2 N–H and O–H groups in total. The number of carbonyl (C=O) groups is 4. The van der Waals surface area contributed by atoms with Crippen molar-refractivity contribution in [3.63, 3.8) is 0 Å². The molecule has 0 spiro atoms. The zero-order valence-electron chi connectivity index (χ0n) is 20.2. The molecule has 10 nitrogen and oxygen atoms in total. The summed E-state index contributed by atoms with van der Waals surface area (Å²) in [5, 5.41) is 19.1. The molecule has 0 aliphatic heterocycles. The van der Waals surface area contributed by atoms with E-state index in [2.05, 4.69) is 13.2 Å². The monoisotopic (exact) mass is 482 g/mol. The number of likely N-dealkylation sites (N-methyl/N-ethyl adjacent to an activating group) is 2. The van der Waals surface area contributed by atoms with Crippen LogP contribution in [0.4, 0.5) is 0 Å². The maximum absolute atomic E-state index is 11.7. The summed E-state index contributed by atoms with van der Waals surface area (Å²) in [6.07, 6.45) is 4.26. The van der Waals surface area contributed by atoms with Crippen molar-refractivity contribution in [3.8, 4) is 0 Å². The molecule has 0 aromatic heterocycles. The van der Waals surface area contributed by atoms with Crippen LogP contribution in [0.1, 0.15) is 38.5 Å². The van der Waals surface area contributed by atoms with Gasteiger partial charge in [0.1, 0.15) is 0 Å². The first kappa shape index (κ1) is 29.3. The van der Waals surface area contributed by atoms with E-state index in [1.165, 1.54) is 12.2 Å². The van der Waals surface area contributed by atoms with Gasteiger partial charge in [0.05, 0.1) is 24.0 Å². The number of unbranched alkanes of at least 4 members (excludes halogenated alkanes) is 2. The van der Waals surface area contributed by atoms with Gasteiger partial charge in [-0.1, -0.05) is 13.2 Å². The van der Waals surface area contributed by atoms with Gasteiger partial charge in [0.15, 0.2) is 0 Å². The fraction of sp³-hybridized carbons (Fsp3) is 0.667. The van der Waals surface area contributed by atoms with Gasteiger partial charge in [-0.3, -0.25) is 19.2 Å². The molecule has 4 atom stereocenters. The summed E-state index contributed by atoms with van der Waals surface area (Å²) in [7, 11) is 3.37. The number of nitrogens with zero attached hydrogens (tertiary/aromatic N) is 2. The minimum atomic E-state index is -1.15. The van der Waals surface area contributed by atoms with Crippen molar-refractivity contribution in [1.29, 1.82) is 0 Å². The highest BCUT2D eigenvalue weighted by molar-refractivity contribution is 5.87. The van der Waals surface area contributed by atoms with E-state index >= 15 is 0 Å². The van der Waals surface area contributed by atoms with Crippen molar-refractivity contribution >= 4 is 23.8 Å². The van der Waals surface area contributed by atoms with Gasteiger partial charge in [-0.15, -0.1) is 0 Å². The zero-order valence-corrected chi connectivity index (χ0v) is 20.2. The third kappa shape index (κ3) is 9.64. The molecule has 192 valence electrons. The van der Waals surface area contributed by atoms with Gasteiger partial charge in [-0.2, -0.15) is 0 Å². The Morgan fingerprint density at radius 2 is 1.12 bits per heavy atom. The van der Waals surface area contributed by atoms with Crippen molar-refractivity contribution in [2.24, 2.45) is 11.8 Å². The summed E-state index contributed by atoms with van der Waals surface area (Å²) in [5.74, 6) is -4.72. The Morgan fingerprint density at radius 1 is 0.765 bits per heavy atom. The second kappa shape index (κ2) is 15.2. The van der Waals surface area contributed by atoms with Gasteiger partial charge < -0.3 is 29.5 Å². The second-order valence-electron chi connectivity index (χ2n) is 8.52. The van der Waals surface area contributed by atoms with E-state index < -0.39 is 36.0 Å². The fourth-order valence-electron chi connectivity index (χ4n) is 3.93. The molecule has 1 saturated carbocycles. The van der Waals surface area contributed by atoms with Crippen LogP contribution in [0, 0.1) is 11.8 Å². The molecule has 0 aromatic rings. The van der Waals surface area contributed by atoms with E-state index in [1.54, 1.807) is 23.9 Å². The smallest absolute Gasteiger partial charge is 0.307 e. The summed E-state index contributed by atoms with van der Waals surface area (Å²) < 4.78 is 11.9. The fourth-order valence-corrected chi connectivity index (χ4v) is 3.93. The first-order valence-corrected chi connectivity index (χ1v) is 11.6. The average molecular weight is 483 g/mol. The summed E-state index contributed by atoms with van der Waals surface area (Å²) in [6, 6.07) is 0. The number of carbonyl (C=O) groups excluding carboxylic acids is 2. The Bertz CT molecular complexity index is 666. The van der Waals surface area contributed by atoms with E-state index in [4.69, 9.17) is 9.47 Å². The van der Waals surface area contributed by atoms with Crippen LogP contribution in [-0.2, 0) is 28.7 Å². The Hall–Kier alpha value is -2.72. The molecule has 1 aliphatic carbocycles. The van der Waals surface area contributed by atoms with E-state index in [-0.39, 0.29) is 24.7 Å². The molecular formula is C24H38N2O8. The Balaban J connectivity index is 2.61. The number of aliphatic carboxylic acids is 2. The lowest BCUT2D eigenvalue weighted by atomic mass is 9.76. The number of amides is 2. The molecule has 2 amide bonds. The van der Waals surface area contributed by atoms with E-state index in [1.807, 2.05) is 0 Å². The summed E-state index contributed by atoms with van der Waals surface area (Å²) >= 11 is 0. The van der Waals surface area contributed by atoms with Crippen LogP contribution in [0.2, 0.25) is 0 Å². The average Bonchev–Trinajstić information content (AvgIpc) is 2.81. The highest BCUT2D eigenvalue weighted by Crippen LogP contribution is 2.34. The van der Waals surface area contributed by atoms with Crippen LogP contribution in [0.15, 0.2) is 25.3 Å². The minimum Gasteiger partial charge on any atom is -0.481 e. The molecule has 1 rings (SSSR count). The van der Waals surface area contributed by atoms with Gasteiger partial charge in [0.2, 0.25) is 11.8 Å². The molecule has 0 bridgehead atoms. The van der Waals surface area contributed by atoms with Crippen molar-refractivity contribution < 1.29 is 38.9 Å². The standard InChI is InChI=1S/C24H38N2O8/c1-5-21(27)25(3)11-7-9-13-33-19-15-17(23(29)30)18(24(31)32)16-20(19)34-14-10-8-12-26(4)22(28)6-2/h5-6,17-20H,1-2,7-16H2,3-4H3,(H,29,30)(H,31,32). The van der Waals surface area contributed by atoms with Crippen molar-refractivity contribution in [2.75, 3.05) is 40.4 Å². The lowest BCUT2D eigenvalue weighted by molar-refractivity contribution is -0.169. The number of rotatable bonds is 16. The lowest BCUT2D eigenvalue weighted by Gasteiger charge is -2.37. The predicted octanol–water partition coefficient (Wildman–Crippen LogP) is 1.80. The van der Waals surface area contributed by atoms with E-state index in [9.17, 15) is 29.4 Å². The third-order valence-corrected chi connectivity index (χ3v) is 6.05. The lowest BCUT2D eigenvalue weighted by Crippen LogP contribution is -2.47. The highest BCUT2D eigenvalue weighted by atomic mass is 16.5. The van der Waals surface area contributed by atoms with Crippen LogP contribution in [0.3, 0.4) is 0 Å². The summed E-state index contributed by atoms with van der Waals surface area (Å²) in [6.45, 7) is 8.68. The second-order valence-corrected chi connectivity index (χ2v) is 8.52. The number of ether oxygens (including phenoxy) is 2. The highest BCUT2D eigenvalue weighted by Gasteiger charge is 2.45. The molecule has 4 unspecified atom stereocenters. The quantitative estimate of drug-likeness (QED) is 0.251. The number of carboxylic acid groups (broad SMARTS) is 2. The maximum Gasteiger partial charge on any atom is 0.307 e. The van der Waals surface area contributed by atoms with E-state index in [0.717, 1.165) is 0 Å². The first-order chi connectivity index (χ1) is 16.1. The van der Waals surface area contributed by atoms with Gasteiger partial charge in [0.25, 0.3) is 0 Å². The normalized spacial score (nSPS) is 21.9. The molecule has 1 aliphatic rings. The number of hydrogen-bond donors (Lipinski definition) is 2. The Morgan fingerprint density at radius 3 is 1.41 bits per heavy atom. The maximum atomic E-state index is 11.7. The molecule has 34 heavy (non-hydrogen) atoms. The molecule has 0 saturated heterocycles. The molecular weight excluding hydrogens is 444 g/mol. The zero-order chi connectivity index (χ0) is 25.7. The van der Waals surface area contributed by atoms with Crippen LogP contribution in [-0.4, -0.2) is 96.4 Å². The van der Waals surface area contributed by atoms with Gasteiger partial charge in [-0.05, 0) is 50.7 Å². The van der Waals surface area contributed by atoms with Gasteiger partial charge in [0, 0.05) is 40.4 Å². The van der Waals surface area contributed by atoms with E-state index in [0.29, 0.717) is 52.0 Å².